The number of ether oxygens (including phenoxy) is 1. The van der Waals surface area contributed by atoms with Gasteiger partial charge in [-0.3, -0.25) is 4.79 Å². The summed E-state index contributed by atoms with van der Waals surface area (Å²) in [5, 5.41) is 2.99. The zero-order valence-corrected chi connectivity index (χ0v) is 17.3. The predicted octanol–water partition coefficient (Wildman–Crippen LogP) is 4.50. The van der Waals surface area contributed by atoms with Gasteiger partial charge in [0, 0.05) is 24.5 Å². The first-order valence-electron chi connectivity index (χ1n) is 10.1. The minimum absolute atomic E-state index is 0.0998. The molecule has 152 valence electrons. The van der Waals surface area contributed by atoms with E-state index < -0.39 is 0 Å². The number of nitrogens with zero attached hydrogens (tertiary/aromatic N) is 2. The Bertz CT molecular complexity index is 1180. The highest BCUT2D eigenvalue weighted by Crippen LogP contribution is 2.16. The van der Waals surface area contributed by atoms with E-state index >= 15 is 0 Å². The molecule has 2 heterocycles. The van der Waals surface area contributed by atoms with Gasteiger partial charge in [-0.2, -0.15) is 0 Å². The summed E-state index contributed by atoms with van der Waals surface area (Å²) < 4.78 is 7.87. The van der Waals surface area contributed by atoms with E-state index in [1.165, 1.54) is 16.7 Å². The van der Waals surface area contributed by atoms with Crippen LogP contribution >= 0.6 is 0 Å². The van der Waals surface area contributed by atoms with Crippen molar-refractivity contribution in [3.8, 4) is 5.75 Å². The van der Waals surface area contributed by atoms with Crippen LogP contribution in [0.4, 0.5) is 0 Å². The van der Waals surface area contributed by atoms with Crippen LogP contribution in [0.3, 0.4) is 0 Å². The van der Waals surface area contributed by atoms with Gasteiger partial charge in [-0.15, -0.1) is 0 Å². The van der Waals surface area contributed by atoms with Crippen molar-refractivity contribution in [2.45, 2.75) is 26.9 Å². The molecule has 2 aromatic heterocycles. The van der Waals surface area contributed by atoms with Crippen LogP contribution in [0.1, 0.15) is 32.7 Å². The van der Waals surface area contributed by atoms with Crippen molar-refractivity contribution in [2.24, 2.45) is 0 Å². The molecule has 4 rings (SSSR count). The average molecular weight is 399 g/mol. The standard InChI is InChI=1S/C25H25N3O2/c1-18-10-11-24-27-22(16-28(24)15-18)17-30-23-9-5-8-21(14-23)25(29)26-13-12-20-7-4-3-6-19(20)2/h3-11,14-16H,12-13,17H2,1-2H3,(H,26,29). The summed E-state index contributed by atoms with van der Waals surface area (Å²) in [5.41, 5.74) is 5.98. The van der Waals surface area contributed by atoms with Gasteiger partial charge < -0.3 is 14.5 Å². The Morgan fingerprint density at radius 2 is 1.90 bits per heavy atom. The molecule has 0 atom stereocenters. The summed E-state index contributed by atoms with van der Waals surface area (Å²) in [6, 6.07) is 19.5. The van der Waals surface area contributed by atoms with Crippen molar-refractivity contribution >= 4 is 11.6 Å². The normalized spacial score (nSPS) is 10.9. The maximum Gasteiger partial charge on any atom is 0.251 e. The molecule has 0 saturated heterocycles. The number of benzene rings is 2. The van der Waals surface area contributed by atoms with Crippen LogP contribution < -0.4 is 10.1 Å². The van der Waals surface area contributed by atoms with Crippen molar-refractivity contribution < 1.29 is 9.53 Å². The van der Waals surface area contributed by atoms with E-state index in [2.05, 4.69) is 29.4 Å². The number of carbonyl (C=O) groups excluding carboxylic acids is 1. The van der Waals surface area contributed by atoms with Crippen molar-refractivity contribution in [3.05, 3.63) is 101 Å². The third-order valence-corrected chi connectivity index (χ3v) is 5.07. The number of pyridine rings is 1. The minimum Gasteiger partial charge on any atom is -0.487 e. The molecular weight excluding hydrogens is 374 g/mol. The van der Waals surface area contributed by atoms with Crippen molar-refractivity contribution in [1.82, 2.24) is 14.7 Å². The summed E-state index contributed by atoms with van der Waals surface area (Å²) in [5.74, 6) is 0.548. The maximum atomic E-state index is 12.5. The summed E-state index contributed by atoms with van der Waals surface area (Å²) >= 11 is 0. The van der Waals surface area contributed by atoms with E-state index in [0.29, 0.717) is 24.5 Å². The molecule has 1 amide bonds. The molecule has 0 aliphatic carbocycles. The first-order valence-corrected chi connectivity index (χ1v) is 10.1. The smallest absolute Gasteiger partial charge is 0.251 e. The zero-order chi connectivity index (χ0) is 20.9. The number of aryl methyl sites for hydroxylation is 2. The van der Waals surface area contributed by atoms with Crippen LogP contribution in [0.25, 0.3) is 5.65 Å². The Balaban J connectivity index is 1.34. The van der Waals surface area contributed by atoms with E-state index in [1.807, 2.05) is 60.1 Å². The second-order valence-corrected chi connectivity index (χ2v) is 7.45. The van der Waals surface area contributed by atoms with E-state index in [0.717, 1.165) is 17.8 Å². The lowest BCUT2D eigenvalue weighted by molar-refractivity contribution is 0.0953. The van der Waals surface area contributed by atoms with E-state index in [-0.39, 0.29) is 5.91 Å². The van der Waals surface area contributed by atoms with Crippen LogP contribution in [-0.4, -0.2) is 21.8 Å². The number of hydrogen-bond acceptors (Lipinski definition) is 3. The molecule has 0 spiro atoms. The second-order valence-electron chi connectivity index (χ2n) is 7.45. The van der Waals surface area contributed by atoms with Crippen LogP contribution in [0.15, 0.2) is 73.1 Å². The fraction of sp³-hybridized carbons (Fsp3) is 0.200. The lowest BCUT2D eigenvalue weighted by atomic mass is 10.1. The fourth-order valence-electron chi connectivity index (χ4n) is 3.41. The first-order chi connectivity index (χ1) is 14.6. The average Bonchev–Trinajstić information content (AvgIpc) is 3.16. The molecule has 5 heteroatoms. The molecule has 0 aliphatic rings. The first kappa shape index (κ1) is 19.7. The number of fused-ring (bicyclic) bond motifs is 1. The van der Waals surface area contributed by atoms with Gasteiger partial charge in [0.15, 0.2) is 0 Å². The molecule has 2 aromatic carbocycles. The molecule has 0 unspecified atom stereocenters. The molecule has 0 aliphatic heterocycles. The molecule has 0 fully saturated rings. The maximum absolute atomic E-state index is 12.5. The van der Waals surface area contributed by atoms with Crippen LogP contribution in [0, 0.1) is 13.8 Å². The second kappa shape index (κ2) is 8.82. The van der Waals surface area contributed by atoms with Crippen molar-refractivity contribution in [2.75, 3.05) is 6.54 Å². The van der Waals surface area contributed by atoms with Gasteiger partial charge >= 0.3 is 0 Å². The van der Waals surface area contributed by atoms with Crippen molar-refractivity contribution in [3.63, 3.8) is 0 Å². The summed E-state index contributed by atoms with van der Waals surface area (Å²) in [4.78, 5) is 17.1. The number of nitrogens with one attached hydrogen (secondary N) is 1. The molecule has 0 bridgehead atoms. The van der Waals surface area contributed by atoms with Crippen LogP contribution in [0.5, 0.6) is 5.75 Å². The highest BCUT2D eigenvalue weighted by atomic mass is 16.5. The van der Waals surface area contributed by atoms with Crippen LogP contribution in [0.2, 0.25) is 0 Å². The molecule has 5 nitrogen and oxygen atoms in total. The molecule has 4 aromatic rings. The largest absolute Gasteiger partial charge is 0.487 e. The van der Waals surface area contributed by atoms with Gasteiger partial charge in [0.2, 0.25) is 0 Å². The highest BCUT2D eigenvalue weighted by molar-refractivity contribution is 5.94. The third kappa shape index (κ3) is 4.69. The minimum atomic E-state index is -0.0998. The highest BCUT2D eigenvalue weighted by Gasteiger charge is 2.08. The molecule has 0 radical (unpaired) electrons. The van der Waals surface area contributed by atoms with Gasteiger partial charge in [0.1, 0.15) is 18.0 Å². The number of aromatic nitrogens is 2. The zero-order valence-electron chi connectivity index (χ0n) is 17.3. The summed E-state index contributed by atoms with van der Waals surface area (Å²) in [6.45, 7) is 5.07. The Morgan fingerprint density at radius 3 is 2.77 bits per heavy atom. The van der Waals surface area contributed by atoms with Gasteiger partial charge in [-0.05, 0) is 61.2 Å². The lowest BCUT2D eigenvalue weighted by Gasteiger charge is -2.09. The number of rotatable bonds is 7. The van der Waals surface area contributed by atoms with E-state index in [1.54, 1.807) is 12.1 Å². The summed E-state index contributed by atoms with van der Waals surface area (Å²) in [6.07, 6.45) is 4.81. The SMILES string of the molecule is Cc1ccc2nc(COc3cccc(C(=O)NCCc4ccccc4C)c3)cn2c1. The number of imidazole rings is 1. The Morgan fingerprint density at radius 1 is 1.03 bits per heavy atom. The lowest BCUT2D eigenvalue weighted by Crippen LogP contribution is -2.25. The third-order valence-electron chi connectivity index (χ3n) is 5.07. The van der Waals surface area contributed by atoms with E-state index in [4.69, 9.17) is 4.74 Å². The summed E-state index contributed by atoms with van der Waals surface area (Å²) in [7, 11) is 0. The molecule has 0 saturated carbocycles. The molecule has 1 N–H and O–H groups in total. The fourth-order valence-corrected chi connectivity index (χ4v) is 3.41. The Labute approximate surface area is 176 Å². The topological polar surface area (TPSA) is 55.6 Å². The number of amides is 1. The number of carbonyl (C=O) groups is 1. The van der Waals surface area contributed by atoms with Gasteiger partial charge in [0.05, 0.1) is 5.69 Å². The van der Waals surface area contributed by atoms with Gasteiger partial charge in [0.25, 0.3) is 5.91 Å². The van der Waals surface area contributed by atoms with E-state index in [9.17, 15) is 4.79 Å². The Hall–Kier alpha value is -3.60. The molecular formula is C25H25N3O2. The number of hydrogen-bond donors (Lipinski definition) is 1. The van der Waals surface area contributed by atoms with Gasteiger partial charge in [-0.1, -0.05) is 36.4 Å². The predicted molar refractivity (Wildman–Crippen MR) is 118 cm³/mol. The Kier molecular flexibility index (Phi) is 5.80. The monoisotopic (exact) mass is 399 g/mol. The van der Waals surface area contributed by atoms with Crippen LogP contribution in [-0.2, 0) is 13.0 Å². The molecule has 30 heavy (non-hydrogen) atoms. The quantitative estimate of drug-likeness (QED) is 0.498. The van der Waals surface area contributed by atoms with Crippen molar-refractivity contribution in [1.29, 1.82) is 0 Å². The van der Waals surface area contributed by atoms with Gasteiger partial charge in [-0.25, -0.2) is 4.98 Å².